The van der Waals surface area contributed by atoms with Crippen molar-refractivity contribution < 1.29 is 4.79 Å². The molecule has 0 amide bonds. The summed E-state index contributed by atoms with van der Waals surface area (Å²) in [6, 6.07) is 11.4. The molecule has 0 saturated heterocycles. The SMILES string of the molecule is O=C1C[C@@H](c2cccs2)CC2=C1[C@H](c1ccccc1Cl)n1ncnc1N2. The number of hydrogen-bond acceptors (Lipinski definition) is 5. The molecule has 0 unspecified atom stereocenters. The molecule has 2 aromatic heterocycles. The Morgan fingerprint density at radius 3 is 2.88 bits per heavy atom. The van der Waals surface area contributed by atoms with Crippen LogP contribution in [0.5, 0.6) is 0 Å². The number of ketones is 1. The fourth-order valence-corrected chi connectivity index (χ4v) is 4.93. The van der Waals surface area contributed by atoms with Gasteiger partial charge in [0.2, 0.25) is 5.95 Å². The minimum absolute atomic E-state index is 0.142. The maximum Gasteiger partial charge on any atom is 0.226 e. The zero-order chi connectivity index (χ0) is 17.7. The standard InChI is InChI=1S/C19H15ClN4OS/c20-13-5-2-1-4-12(13)18-17-14(23-19-21-10-22-24(18)19)8-11(9-15(17)25)16-6-3-7-26-16/h1-7,10-11,18H,8-9H2,(H,21,22,23)/t11-,18-/m0/s1. The molecule has 26 heavy (non-hydrogen) atoms. The number of thiophene rings is 1. The van der Waals surface area contributed by atoms with E-state index in [1.807, 2.05) is 30.3 Å². The highest BCUT2D eigenvalue weighted by Crippen LogP contribution is 2.45. The molecule has 7 heteroatoms. The number of allylic oxidation sites excluding steroid dienone is 2. The van der Waals surface area contributed by atoms with E-state index in [1.54, 1.807) is 16.0 Å². The predicted molar refractivity (Wildman–Crippen MR) is 102 cm³/mol. The largest absolute Gasteiger partial charge is 0.328 e. The van der Waals surface area contributed by atoms with Crippen LogP contribution >= 0.6 is 22.9 Å². The first kappa shape index (κ1) is 15.8. The number of nitrogens with zero attached hydrogens (tertiary/aromatic N) is 3. The third-order valence-electron chi connectivity index (χ3n) is 5.01. The number of fused-ring (bicyclic) bond motifs is 1. The van der Waals surface area contributed by atoms with Gasteiger partial charge in [0.05, 0.1) is 0 Å². The summed E-state index contributed by atoms with van der Waals surface area (Å²) in [5, 5.41) is 10.4. The summed E-state index contributed by atoms with van der Waals surface area (Å²) in [6.07, 6.45) is 2.80. The molecule has 3 heterocycles. The van der Waals surface area contributed by atoms with Crippen molar-refractivity contribution in [3.63, 3.8) is 0 Å². The van der Waals surface area contributed by atoms with E-state index >= 15 is 0 Å². The van der Waals surface area contributed by atoms with E-state index < -0.39 is 0 Å². The Hall–Kier alpha value is -2.44. The van der Waals surface area contributed by atoms with Crippen LogP contribution in [-0.4, -0.2) is 20.5 Å². The smallest absolute Gasteiger partial charge is 0.226 e. The van der Waals surface area contributed by atoms with Gasteiger partial charge < -0.3 is 5.32 Å². The molecule has 0 saturated carbocycles. The van der Waals surface area contributed by atoms with Gasteiger partial charge in [-0.05, 0) is 23.9 Å². The average molecular weight is 383 g/mol. The summed E-state index contributed by atoms with van der Waals surface area (Å²) >= 11 is 8.17. The number of benzene rings is 1. The van der Waals surface area contributed by atoms with E-state index in [4.69, 9.17) is 11.6 Å². The molecular formula is C19H15ClN4OS. The molecule has 5 rings (SSSR count). The molecule has 2 atom stereocenters. The highest BCUT2D eigenvalue weighted by Gasteiger charge is 2.40. The van der Waals surface area contributed by atoms with Crippen LogP contribution in [0.25, 0.3) is 0 Å². The lowest BCUT2D eigenvalue weighted by Crippen LogP contribution is -2.33. The third kappa shape index (κ3) is 2.40. The topological polar surface area (TPSA) is 59.8 Å². The van der Waals surface area contributed by atoms with E-state index in [-0.39, 0.29) is 17.7 Å². The normalized spacial score (nSPS) is 22.0. The van der Waals surface area contributed by atoms with Crippen LogP contribution in [-0.2, 0) is 4.79 Å². The van der Waals surface area contributed by atoms with Gasteiger partial charge in [0.25, 0.3) is 0 Å². The molecule has 0 radical (unpaired) electrons. The molecular weight excluding hydrogens is 368 g/mol. The number of nitrogens with one attached hydrogen (secondary N) is 1. The lowest BCUT2D eigenvalue weighted by Gasteiger charge is -2.35. The fourth-order valence-electron chi connectivity index (χ4n) is 3.86. The molecule has 3 aromatic rings. The van der Waals surface area contributed by atoms with Gasteiger partial charge in [-0.3, -0.25) is 4.79 Å². The molecule has 1 N–H and O–H groups in total. The lowest BCUT2D eigenvalue weighted by molar-refractivity contribution is -0.116. The van der Waals surface area contributed by atoms with Gasteiger partial charge in [-0.25, -0.2) is 4.68 Å². The number of carbonyl (C=O) groups excluding carboxylic acids is 1. The number of rotatable bonds is 2. The maximum atomic E-state index is 13.2. The number of carbonyl (C=O) groups is 1. The number of halogens is 1. The van der Waals surface area contributed by atoms with Crippen LogP contribution in [0.2, 0.25) is 5.02 Å². The van der Waals surface area contributed by atoms with E-state index in [9.17, 15) is 4.79 Å². The van der Waals surface area contributed by atoms with E-state index in [0.717, 1.165) is 23.3 Å². The van der Waals surface area contributed by atoms with Crippen molar-refractivity contribution in [1.82, 2.24) is 14.8 Å². The van der Waals surface area contributed by atoms with Gasteiger partial charge in [-0.2, -0.15) is 10.1 Å². The summed E-state index contributed by atoms with van der Waals surface area (Å²) in [4.78, 5) is 18.7. The molecule has 2 aliphatic rings. The fraction of sp³-hybridized carbons (Fsp3) is 0.211. The van der Waals surface area contributed by atoms with Crippen molar-refractivity contribution in [3.05, 3.63) is 74.8 Å². The minimum Gasteiger partial charge on any atom is -0.328 e. The van der Waals surface area contributed by atoms with Crippen molar-refractivity contribution in [1.29, 1.82) is 0 Å². The molecule has 5 nitrogen and oxygen atoms in total. The van der Waals surface area contributed by atoms with Crippen LogP contribution in [0, 0.1) is 0 Å². The Kier molecular flexibility index (Phi) is 3.69. The third-order valence-corrected chi connectivity index (χ3v) is 6.39. The molecule has 1 aliphatic heterocycles. The van der Waals surface area contributed by atoms with Gasteiger partial charge >= 0.3 is 0 Å². The van der Waals surface area contributed by atoms with Gasteiger partial charge in [-0.1, -0.05) is 35.9 Å². The highest BCUT2D eigenvalue weighted by molar-refractivity contribution is 7.10. The quantitative estimate of drug-likeness (QED) is 0.713. The number of Topliss-reactive ketones (excluding diaryl/α,β-unsaturated/α-hetero) is 1. The second-order valence-corrected chi connectivity index (χ2v) is 7.90. The van der Waals surface area contributed by atoms with Crippen molar-refractivity contribution in [3.8, 4) is 0 Å². The Labute approximate surface area is 159 Å². The molecule has 0 bridgehead atoms. The van der Waals surface area contributed by atoms with Crippen LogP contribution in [0.15, 0.2) is 59.4 Å². The first-order valence-electron chi connectivity index (χ1n) is 8.43. The number of anilines is 1. The molecule has 1 aliphatic carbocycles. The lowest BCUT2D eigenvalue weighted by atomic mass is 9.80. The van der Waals surface area contributed by atoms with Crippen molar-refractivity contribution >= 4 is 34.7 Å². The zero-order valence-corrected chi connectivity index (χ0v) is 15.3. The first-order valence-corrected chi connectivity index (χ1v) is 9.68. The second kappa shape index (κ2) is 6.07. The Morgan fingerprint density at radius 1 is 1.19 bits per heavy atom. The molecule has 0 fully saturated rings. The summed E-state index contributed by atoms with van der Waals surface area (Å²) in [7, 11) is 0. The van der Waals surface area contributed by atoms with Crippen LogP contribution in [0.1, 0.15) is 35.2 Å². The van der Waals surface area contributed by atoms with Gasteiger partial charge in [-0.15, -0.1) is 11.3 Å². The highest BCUT2D eigenvalue weighted by atomic mass is 35.5. The van der Waals surface area contributed by atoms with Crippen molar-refractivity contribution in [2.75, 3.05) is 5.32 Å². The molecule has 130 valence electrons. The van der Waals surface area contributed by atoms with Gasteiger partial charge in [0.15, 0.2) is 5.78 Å². The Bertz CT molecular complexity index is 1020. The summed E-state index contributed by atoms with van der Waals surface area (Å²) in [5.74, 6) is 0.992. The second-order valence-electron chi connectivity index (χ2n) is 6.51. The van der Waals surface area contributed by atoms with Crippen LogP contribution < -0.4 is 5.32 Å². The Morgan fingerprint density at radius 2 is 2.08 bits per heavy atom. The Balaban J connectivity index is 1.65. The van der Waals surface area contributed by atoms with Crippen LogP contribution in [0.3, 0.4) is 0 Å². The van der Waals surface area contributed by atoms with E-state index in [1.165, 1.54) is 11.2 Å². The zero-order valence-electron chi connectivity index (χ0n) is 13.7. The first-order chi connectivity index (χ1) is 12.7. The minimum atomic E-state index is -0.339. The van der Waals surface area contributed by atoms with Gasteiger partial charge in [0.1, 0.15) is 12.4 Å². The van der Waals surface area contributed by atoms with Crippen LogP contribution in [0.4, 0.5) is 5.95 Å². The predicted octanol–water partition coefficient (Wildman–Crippen LogP) is 4.41. The molecule has 1 aromatic carbocycles. The monoisotopic (exact) mass is 382 g/mol. The molecule has 0 spiro atoms. The maximum absolute atomic E-state index is 13.2. The van der Waals surface area contributed by atoms with Gasteiger partial charge in [0, 0.05) is 39.1 Å². The van der Waals surface area contributed by atoms with E-state index in [0.29, 0.717) is 17.4 Å². The number of hydrogen-bond donors (Lipinski definition) is 1. The van der Waals surface area contributed by atoms with E-state index in [2.05, 4.69) is 26.8 Å². The summed E-state index contributed by atoms with van der Waals surface area (Å²) in [6.45, 7) is 0. The number of aromatic nitrogens is 3. The van der Waals surface area contributed by atoms with Crippen molar-refractivity contribution in [2.45, 2.75) is 24.8 Å². The summed E-state index contributed by atoms with van der Waals surface area (Å²) < 4.78 is 1.75. The summed E-state index contributed by atoms with van der Waals surface area (Å²) in [5.41, 5.74) is 2.56. The average Bonchev–Trinajstić information content (AvgIpc) is 3.32. The van der Waals surface area contributed by atoms with Crippen molar-refractivity contribution in [2.24, 2.45) is 0 Å².